The topological polar surface area (TPSA) is 89.4 Å². The molecule has 0 aromatic heterocycles. The molecule has 1 aromatic rings. The quantitative estimate of drug-likeness (QED) is 0.580. The van der Waals surface area contributed by atoms with Crippen molar-refractivity contribution in [2.24, 2.45) is 5.73 Å². The van der Waals surface area contributed by atoms with Crippen LogP contribution in [0.25, 0.3) is 0 Å². The average molecular weight is 214 g/mol. The first-order valence-electron chi connectivity index (χ1n) is 4.39. The van der Waals surface area contributed by atoms with Gasteiger partial charge < -0.3 is 10.8 Å². The van der Waals surface area contributed by atoms with E-state index in [9.17, 15) is 19.6 Å². The second-order valence-corrected chi connectivity index (χ2v) is 3.02. The van der Waals surface area contributed by atoms with Gasteiger partial charge in [-0.1, -0.05) is 6.07 Å². The number of hydrogen-bond acceptors (Lipinski definition) is 4. The normalized spacial score (nSPS) is 12.5. The smallest absolute Gasteiger partial charge is 0.278 e. The Bertz CT molecular complexity index is 370. The molecule has 0 aliphatic heterocycles. The SMILES string of the molecule is NCC[C@@H](O)c1c(F)cccc1[N+](=O)[O-]. The number of hydrogen-bond donors (Lipinski definition) is 2. The van der Waals surface area contributed by atoms with Crippen molar-refractivity contribution in [3.63, 3.8) is 0 Å². The summed E-state index contributed by atoms with van der Waals surface area (Å²) in [5.41, 5.74) is 4.47. The van der Waals surface area contributed by atoms with Crippen LogP contribution in [0.5, 0.6) is 0 Å². The second-order valence-electron chi connectivity index (χ2n) is 3.02. The molecule has 3 N–H and O–H groups in total. The molecule has 0 amide bonds. The van der Waals surface area contributed by atoms with Gasteiger partial charge in [0.05, 0.1) is 16.6 Å². The van der Waals surface area contributed by atoms with Gasteiger partial charge >= 0.3 is 0 Å². The van der Waals surface area contributed by atoms with Gasteiger partial charge in [0.15, 0.2) is 0 Å². The summed E-state index contributed by atoms with van der Waals surface area (Å²) < 4.78 is 13.3. The van der Waals surface area contributed by atoms with E-state index in [0.29, 0.717) is 0 Å². The predicted octanol–water partition coefficient (Wildman–Crippen LogP) is 1.12. The second kappa shape index (κ2) is 4.81. The van der Waals surface area contributed by atoms with Crippen molar-refractivity contribution in [3.8, 4) is 0 Å². The van der Waals surface area contributed by atoms with E-state index in [2.05, 4.69) is 0 Å². The van der Waals surface area contributed by atoms with Crippen molar-refractivity contribution < 1.29 is 14.4 Å². The van der Waals surface area contributed by atoms with Crippen molar-refractivity contribution in [2.75, 3.05) is 6.54 Å². The molecule has 0 fully saturated rings. The summed E-state index contributed by atoms with van der Waals surface area (Å²) in [7, 11) is 0. The Hall–Kier alpha value is -1.53. The third-order valence-electron chi connectivity index (χ3n) is 2.00. The number of nitro groups is 1. The van der Waals surface area contributed by atoms with Crippen LogP contribution >= 0.6 is 0 Å². The van der Waals surface area contributed by atoms with E-state index in [-0.39, 0.29) is 18.5 Å². The first-order chi connectivity index (χ1) is 7.07. The van der Waals surface area contributed by atoms with Gasteiger partial charge in [-0.05, 0) is 19.0 Å². The predicted molar refractivity (Wildman–Crippen MR) is 51.7 cm³/mol. The fourth-order valence-electron chi connectivity index (χ4n) is 1.32. The number of nitrogens with two attached hydrogens (primary N) is 1. The molecule has 0 radical (unpaired) electrons. The molecule has 0 heterocycles. The van der Waals surface area contributed by atoms with Gasteiger partial charge in [-0.3, -0.25) is 10.1 Å². The zero-order valence-electron chi connectivity index (χ0n) is 7.89. The summed E-state index contributed by atoms with van der Waals surface area (Å²) >= 11 is 0. The molecule has 0 bridgehead atoms. The number of halogens is 1. The van der Waals surface area contributed by atoms with Crippen molar-refractivity contribution >= 4 is 5.69 Å². The zero-order valence-corrected chi connectivity index (χ0v) is 7.89. The zero-order chi connectivity index (χ0) is 11.4. The third-order valence-corrected chi connectivity index (χ3v) is 2.00. The van der Waals surface area contributed by atoms with Crippen molar-refractivity contribution in [2.45, 2.75) is 12.5 Å². The molecule has 1 rings (SSSR count). The highest BCUT2D eigenvalue weighted by Gasteiger charge is 2.23. The van der Waals surface area contributed by atoms with Crippen LogP contribution in [0, 0.1) is 15.9 Å². The van der Waals surface area contributed by atoms with Crippen molar-refractivity contribution in [1.29, 1.82) is 0 Å². The first-order valence-corrected chi connectivity index (χ1v) is 4.39. The summed E-state index contributed by atoms with van der Waals surface area (Å²) in [6.07, 6.45) is -1.15. The lowest BCUT2D eigenvalue weighted by atomic mass is 10.0. The van der Waals surface area contributed by atoms with E-state index in [4.69, 9.17) is 5.73 Å². The van der Waals surface area contributed by atoms with Crippen LogP contribution < -0.4 is 5.73 Å². The average Bonchev–Trinajstić information content (AvgIpc) is 2.17. The summed E-state index contributed by atoms with van der Waals surface area (Å²) in [4.78, 5) is 9.86. The molecule has 0 aliphatic carbocycles. The van der Waals surface area contributed by atoms with Crippen LogP contribution in [0.4, 0.5) is 10.1 Å². The van der Waals surface area contributed by atoms with Crippen molar-refractivity contribution in [1.82, 2.24) is 0 Å². The minimum atomic E-state index is -1.24. The highest BCUT2D eigenvalue weighted by molar-refractivity contribution is 5.42. The van der Waals surface area contributed by atoms with E-state index in [0.717, 1.165) is 12.1 Å². The van der Waals surface area contributed by atoms with Gasteiger partial charge in [0.2, 0.25) is 0 Å². The van der Waals surface area contributed by atoms with Gasteiger partial charge in [-0.25, -0.2) is 4.39 Å². The lowest BCUT2D eigenvalue weighted by Crippen LogP contribution is -2.10. The van der Waals surface area contributed by atoms with E-state index in [1.54, 1.807) is 0 Å². The standard InChI is InChI=1S/C9H11FN2O3/c10-6-2-1-3-7(12(14)15)9(6)8(13)4-5-11/h1-3,8,13H,4-5,11H2/t8-/m1/s1. The molecule has 5 nitrogen and oxygen atoms in total. The maximum absolute atomic E-state index is 13.3. The van der Waals surface area contributed by atoms with Gasteiger partial charge in [0, 0.05) is 6.07 Å². The maximum Gasteiger partial charge on any atom is 0.278 e. The molecule has 6 heteroatoms. The van der Waals surface area contributed by atoms with Crippen LogP contribution in [-0.4, -0.2) is 16.6 Å². The lowest BCUT2D eigenvalue weighted by Gasteiger charge is -2.10. The Balaban J connectivity index is 3.18. The molecule has 0 aliphatic rings. The van der Waals surface area contributed by atoms with Crippen molar-refractivity contribution in [3.05, 3.63) is 39.7 Å². The molecule has 0 spiro atoms. The van der Waals surface area contributed by atoms with Crippen LogP contribution in [0.2, 0.25) is 0 Å². The number of benzene rings is 1. The largest absolute Gasteiger partial charge is 0.388 e. The minimum Gasteiger partial charge on any atom is -0.388 e. The number of nitro benzene ring substituents is 1. The van der Waals surface area contributed by atoms with Crippen LogP contribution in [0.15, 0.2) is 18.2 Å². The summed E-state index contributed by atoms with van der Waals surface area (Å²) in [6.45, 7) is 0.132. The fourth-order valence-corrected chi connectivity index (χ4v) is 1.32. The van der Waals surface area contributed by atoms with Crippen LogP contribution in [0.3, 0.4) is 0 Å². The van der Waals surface area contributed by atoms with Gasteiger partial charge in [-0.15, -0.1) is 0 Å². The van der Waals surface area contributed by atoms with Gasteiger partial charge in [0.1, 0.15) is 5.82 Å². The number of nitrogens with zero attached hydrogens (tertiary/aromatic N) is 1. The van der Waals surface area contributed by atoms with E-state index < -0.39 is 22.5 Å². The molecule has 0 saturated heterocycles. The third kappa shape index (κ3) is 2.48. The Morgan fingerprint density at radius 3 is 2.80 bits per heavy atom. The summed E-state index contributed by atoms with van der Waals surface area (Å²) in [5, 5.41) is 20.1. The monoisotopic (exact) mass is 214 g/mol. The Kier molecular flexibility index (Phi) is 3.70. The lowest BCUT2D eigenvalue weighted by molar-refractivity contribution is -0.386. The Labute approximate surface area is 85.5 Å². The summed E-state index contributed by atoms with van der Waals surface area (Å²) in [6, 6.07) is 3.45. The first kappa shape index (κ1) is 11.5. The van der Waals surface area contributed by atoms with E-state index in [1.807, 2.05) is 0 Å². The van der Waals surface area contributed by atoms with Gasteiger partial charge in [0.25, 0.3) is 5.69 Å². The molecule has 1 aromatic carbocycles. The highest BCUT2D eigenvalue weighted by atomic mass is 19.1. The molecular weight excluding hydrogens is 203 g/mol. The molecule has 15 heavy (non-hydrogen) atoms. The van der Waals surface area contributed by atoms with Crippen LogP contribution in [-0.2, 0) is 0 Å². The highest BCUT2D eigenvalue weighted by Crippen LogP contribution is 2.29. The Morgan fingerprint density at radius 2 is 2.27 bits per heavy atom. The molecule has 0 saturated carbocycles. The Morgan fingerprint density at radius 1 is 1.60 bits per heavy atom. The molecular formula is C9H11FN2O3. The number of rotatable bonds is 4. The van der Waals surface area contributed by atoms with E-state index in [1.165, 1.54) is 6.07 Å². The minimum absolute atomic E-state index is 0.0851. The molecule has 82 valence electrons. The van der Waals surface area contributed by atoms with Crippen LogP contribution in [0.1, 0.15) is 18.1 Å². The number of aliphatic hydroxyl groups is 1. The van der Waals surface area contributed by atoms with E-state index >= 15 is 0 Å². The summed E-state index contributed by atoms with van der Waals surface area (Å²) in [5.74, 6) is -0.787. The fraction of sp³-hybridized carbons (Fsp3) is 0.333. The molecule has 0 unspecified atom stereocenters. The maximum atomic E-state index is 13.3. The molecule has 1 atom stereocenters. The van der Waals surface area contributed by atoms with Gasteiger partial charge in [-0.2, -0.15) is 0 Å². The number of aliphatic hydroxyl groups excluding tert-OH is 1.